The molecule has 7 nitrogen and oxygen atoms in total. The van der Waals surface area contributed by atoms with E-state index in [-0.39, 0.29) is 17.6 Å². The van der Waals surface area contributed by atoms with Gasteiger partial charge in [-0.25, -0.2) is 0 Å². The number of Topliss-reactive ketones (excluding diaryl/α,β-unsaturated/α-hetero) is 1. The van der Waals surface area contributed by atoms with Crippen molar-refractivity contribution >= 4 is 11.7 Å². The normalized spacial score (nSPS) is 19.5. The number of hydrogen-bond donors (Lipinski definition) is 1. The Bertz CT molecular complexity index is 1240. The molecule has 1 aliphatic heterocycles. The average molecular weight is 447 g/mol. The number of ketones is 1. The zero-order chi connectivity index (χ0) is 23.1. The van der Waals surface area contributed by atoms with E-state index in [1.165, 1.54) is 0 Å². The number of anilines is 1. The Labute approximate surface area is 192 Å². The fourth-order valence-corrected chi connectivity index (χ4v) is 5.03. The van der Waals surface area contributed by atoms with Gasteiger partial charge >= 0.3 is 0 Å². The molecule has 170 valence electrons. The molecule has 2 atom stereocenters. The molecule has 7 heteroatoms. The van der Waals surface area contributed by atoms with Gasteiger partial charge in [-0.05, 0) is 43.0 Å². The third-order valence-electron chi connectivity index (χ3n) is 6.59. The topological polar surface area (TPSA) is 82.8 Å². The molecule has 1 N–H and O–H groups in total. The summed E-state index contributed by atoms with van der Waals surface area (Å²) < 4.78 is 22.2. The van der Waals surface area contributed by atoms with Crippen LogP contribution in [0.5, 0.6) is 17.2 Å². The van der Waals surface area contributed by atoms with E-state index in [0.717, 1.165) is 39.4 Å². The van der Waals surface area contributed by atoms with Crippen LogP contribution < -0.4 is 19.5 Å². The van der Waals surface area contributed by atoms with Gasteiger partial charge in [0.2, 0.25) is 5.88 Å². The summed E-state index contributed by atoms with van der Waals surface area (Å²) in [4.78, 5) is 13.7. The Balaban J connectivity index is 1.63. The van der Waals surface area contributed by atoms with Gasteiger partial charge in [-0.2, -0.15) is 0 Å². The molecule has 3 aromatic rings. The van der Waals surface area contributed by atoms with Gasteiger partial charge in [0.15, 0.2) is 17.3 Å². The van der Waals surface area contributed by atoms with Gasteiger partial charge in [-0.1, -0.05) is 29.4 Å². The van der Waals surface area contributed by atoms with Crippen LogP contribution in [0.15, 0.2) is 58.3 Å². The second-order valence-corrected chi connectivity index (χ2v) is 8.35. The summed E-state index contributed by atoms with van der Waals surface area (Å²) in [6, 6.07) is 13.6. The van der Waals surface area contributed by atoms with Crippen molar-refractivity contribution in [3.63, 3.8) is 0 Å². The summed E-state index contributed by atoms with van der Waals surface area (Å²) in [6.07, 6.45) is 1.12. The first-order valence-electron chi connectivity index (χ1n) is 10.9. The van der Waals surface area contributed by atoms with E-state index >= 15 is 0 Å². The number of aryl methyl sites for hydroxylation is 1. The predicted molar refractivity (Wildman–Crippen MR) is 123 cm³/mol. The highest BCUT2D eigenvalue weighted by molar-refractivity contribution is 6.01. The predicted octanol–water partition coefficient (Wildman–Crippen LogP) is 4.97. The molecule has 1 aliphatic carbocycles. The van der Waals surface area contributed by atoms with Crippen molar-refractivity contribution in [2.45, 2.75) is 31.6 Å². The lowest BCUT2D eigenvalue weighted by atomic mass is 9.72. The number of rotatable bonds is 5. The van der Waals surface area contributed by atoms with Crippen LogP contribution in [-0.4, -0.2) is 32.3 Å². The number of hydrogen-bond acceptors (Lipinski definition) is 7. The molecule has 0 saturated heterocycles. The molecule has 0 saturated carbocycles. The van der Waals surface area contributed by atoms with E-state index in [9.17, 15) is 4.79 Å². The molecule has 0 radical (unpaired) electrons. The number of nitrogens with zero attached hydrogens (tertiary/aromatic N) is 1. The van der Waals surface area contributed by atoms with Crippen molar-refractivity contribution in [1.82, 2.24) is 5.16 Å². The summed E-state index contributed by atoms with van der Waals surface area (Å²) in [5, 5.41) is 7.56. The lowest BCUT2D eigenvalue weighted by Gasteiger charge is -2.35. The van der Waals surface area contributed by atoms with Crippen molar-refractivity contribution in [3.8, 4) is 17.2 Å². The molecule has 2 aromatic carbocycles. The van der Waals surface area contributed by atoms with E-state index in [1.54, 1.807) is 21.3 Å². The fourth-order valence-electron chi connectivity index (χ4n) is 5.03. The maximum Gasteiger partial charge on any atom is 0.233 e. The van der Waals surface area contributed by atoms with Crippen molar-refractivity contribution in [2.75, 3.05) is 26.6 Å². The first kappa shape index (κ1) is 21.1. The summed E-state index contributed by atoms with van der Waals surface area (Å²) in [5.74, 6) is 2.41. The monoisotopic (exact) mass is 446 g/mol. The molecule has 0 fully saturated rings. The van der Waals surface area contributed by atoms with Crippen LogP contribution in [-0.2, 0) is 4.79 Å². The highest BCUT2D eigenvalue weighted by Gasteiger charge is 2.42. The van der Waals surface area contributed by atoms with Crippen LogP contribution in [0.2, 0.25) is 0 Å². The minimum atomic E-state index is -0.350. The number of carbonyl (C=O) groups is 1. The molecule has 0 unspecified atom stereocenters. The van der Waals surface area contributed by atoms with Crippen LogP contribution in [0.1, 0.15) is 47.1 Å². The van der Waals surface area contributed by atoms with Gasteiger partial charge < -0.3 is 24.1 Å². The Morgan fingerprint density at radius 3 is 2.48 bits per heavy atom. The molecule has 1 aromatic heterocycles. The molecular formula is C26H26N2O5. The van der Waals surface area contributed by atoms with Crippen LogP contribution in [0.25, 0.3) is 0 Å². The number of ether oxygens (including phenoxy) is 3. The maximum absolute atomic E-state index is 13.7. The average Bonchev–Trinajstić information content (AvgIpc) is 3.22. The second kappa shape index (κ2) is 8.31. The number of carbonyl (C=O) groups excluding carboxylic acids is 1. The molecule has 2 aliphatic rings. The smallest absolute Gasteiger partial charge is 0.233 e. The lowest BCUT2D eigenvalue weighted by molar-refractivity contribution is -0.116. The molecule has 2 heterocycles. The summed E-state index contributed by atoms with van der Waals surface area (Å²) in [5.41, 5.74) is 5.17. The fraction of sp³-hybridized carbons (Fsp3) is 0.308. The quantitative estimate of drug-likeness (QED) is 0.593. The number of fused-ring (bicyclic) bond motifs is 1. The Hall–Kier alpha value is -3.74. The number of benzene rings is 2. The largest absolute Gasteiger partial charge is 0.497 e. The standard InChI is InChI=1S/C26H26N2O5/c1-14-22-23(18-6-5-7-21(31-3)25(18)32-4)24-19(27-26(22)33-28-14)12-16(13-20(24)29)15-8-10-17(30-2)11-9-15/h5-11,16,23,27H,12-13H2,1-4H3/t16-,23+/m1/s1. The summed E-state index contributed by atoms with van der Waals surface area (Å²) in [6.45, 7) is 1.89. The third kappa shape index (κ3) is 3.44. The Kier molecular flexibility index (Phi) is 5.32. The van der Waals surface area contributed by atoms with Crippen molar-refractivity contribution in [1.29, 1.82) is 0 Å². The van der Waals surface area contributed by atoms with Gasteiger partial charge in [0.1, 0.15) is 5.75 Å². The van der Waals surface area contributed by atoms with Gasteiger partial charge in [-0.15, -0.1) is 0 Å². The highest BCUT2D eigenvalue weighted by Crippen LogP contribution is 2.52. The zero-order valence-corrected chi connectivity index (χ0v) is 19.1. The zero-order valence-electron chi connectivity index (χ0n) is 19.1. The van der Waals surface area contributed by atoms with E-state index in [4.69, 9.17) is 18.7 Å². The van der Waals surface area contributed by atoms with Crippen LogP contribution in [0.4, 0.5) is 5.88 Å². The van der Waals surface area contributed by atoms with Crippen molar-refractivity contribution in [2.24, 2.45) is 0 Å². The SMILES string of the molecule is COc1ccc([C@H]2CC(=O)C3=C(C2)Nc2onc(C)c2[C@@H]3c2cccc(OC)c2OC)cc1. The van der Waals surface area contributed by atoms with Gasteiger partial charge in [0.25, 0.3) is 0 Å². The minimum Gasteiger partial charge on any atom is -0.497 e. The van der Waals surface area contributed by atoms with E-state index in [1.807, 2.05) is 49.4 Å². The first-order chi connectivity index (χ1) is 16.0. The van der Waals surface area contributed by atoms with Crippen LogP contribution >= 0.6 is 0 Å². The summed E-state index contributed by atoms with van der Waals surface area (Å²) in [7, 11) is 4.86. The maximum atomic E-state index is 13.7. The molecule has 0 spiro atoms. The molecule has 0 amide bonds. The number of para-hydroxylation sites is 1. The second-order valence-electron chi connectivity index (χ2n) is 8.35. The van der Waals surface area contributed by atoms with Gasteiger partial charge in [0.05, 0.1) is 38.5 Å². The van der Waals surface area contributed by atoms with Gasteiger partial charge in [-0.3, -0.25) is 4.79 Å². The number of nitrogens with one attached hydrogen (secondary N) is 1. The van der Waals surface area contributed by atoms with E-state index < -0.39 is 0 Å². The molecule has 33 heavy (non-hydrogen) atoms. The van der Waals surface area contributed by atoms with E-state index in [2.05, 4.69) is 10.5 Å². The first-order valence-corrected chi connectivity index (χ1v) is 10.9. The van der Waals surface area contributed by atoms with Crippen molar-refractivity contribution < 1.29 is 23.5 Å². The minimum absolute atomic E-state index is 0.0630. The number of aromatic nitrogens is 1. The lowest BCUT2D eigenvalue weighted by Crippen LogP contribution is -2.29. The van der Waals surface area contributed by atoms with Crippen LogP contribution in [0, 0.1) is 6.92 Å². The van der Waals surface area contributed by atoms with Crippen molar-refractivity contribution in [3.05, 3.63) is 76.1 Å². The third-order valence-corrected chi connectivity index (χ3v) is 6.59. The number of methoxy groups -OCH3 is 3. The molecule has 5 rings (SSSR count). The van der Waals surface area contributed by atoms with Gasteiger partial charge in [0, 0.05) is 23.3 Å². The Morgan fingerprint density at radius 1 is 1.00 bits per heavy atom. The highest BCUT2D eigenvalue weighted by atomic mass is 16.5. The molecular weight excluding hydrogens is 420 g/mol. The summed E-state index contributed by atoms with van der Waals surface area (Å²) >= 11 is 0. The van der Waals surface area contributed by atoms with Crippen LogP contribution in [0.3, 0.4) is 0 Å². The Morgan fingerprint density at radius 2 is 1.79 bits per heavy atom. The molecule has 0 bridgehead atoms. The van der Waals surface area contributed by atoms with E-state index in [0.29, 0.717) is 30.2 Å². The number of allylic oxidation sites excluding steroid dienone is 2.